The van der Waals surface area contributed by atoms with Gasteiger partial charge in [0.05, 0.1) is 4.88 Å². The van der Waals surface area contributed by atoms with E-state index in [1.165, 1.54) is 11.3 Å². The van der Waals surface area contributed by atoms with Gasteiger partial charge < -0.3 is 4.74 Å². The summed E-state index contributed by atoms with van der Waals surface area (Å²) in [5, 5.41) is 0.795. The largest absolute Gasteiger partial charge is 0.488 e. The second-order valence-corrected chi connectivity index (χ2v) is 8.57. The van der Waals surface area contributed by atoms with Gasteiger partial charge in [-0.1, -0.05) is 57.6 Å². The van der Waals surface area contributed by atoms with Crippen LogP contribution in [-0.2, 0) is 6.61 Å². The Labute approximate surface area is 160 Å². The van der Waals surface area contributed by atoms with Crippen LogP contribution < -0.4 is 9.61 Å². The SMILES string of the molecule is O=c1nc2sc(-c3ccc(Br)cc3)c3c(c-2s1)-c1ccccc1OC3. The zero-order valence-corrected chi connectivity index (χ0v) is 16.0. The Morgan fingerprint density at radius 1 is 1.00 bits per heavy atom. The maximum absolute atomic E-state index is 12.0. The molecule has 3 aliphatic rings. The average Bonchev–Trinajstić information content (AvgIpc) is 3.01. The van der Waals surface area contributed by atoms with Gasteiger partial charge in [-0.2, -0.15) is 4.98 Å². The van der Waals surface area contributed by atoms with Crippen molar-refractivity contribution in [3.8, 4) is 37.2 Å². The van der Waals surface area contributed by atoms with E-state index < -0.39 is 0 Å². The lowest BCUT2D eigenvalue weighted by molar-refractivity contribution is 0.303. The molecule has 3 heterocycles. The fourth-order valence-corrected chi connectivity index (χ4v) is 5.54. The topological polar surface area (TPSA) is 39.2 Å². The molecule has 5 rings (SSSR count). The molecular formula is C19H10BrNO2S2. The first-order chi connectivity index (χ1) is 12.2. The molecular weight excluding hydrogens is 418 g/mol. The highest BCUT2D eigenvalue weighted by atomic mass is 79.9. The number of hydrogen-bond acceptors (Lipinski definition) is 5. The summed E-state index contributed by atoms with van der Waals surface area (Å²) >= 11 is 6.26. The van der Waals surface area contributed by atoms with Crippen LogP contribution in [0.25, 0.3) is 31.5 Å². The Morgan fingerprint density at radius 2 is 1.80 bits per heavy atom. The second-order valence-electron chi connectivity index (χ2n) is 5.69. The number of thiazole rings is 1. The van der Waals surface area contributed by atoms with Gasteiger partial charge >= 0.3 is 4.87 Å². The summed E-state index contributed by atoms with van der Waals surface area (Å²) in [6.07, 6.45) is 0. The number of nitrogens with zero attached hydrogens (tertiary/aromatic N) is 1. The number of fused-ring (bicyclic) bond motifs is 5. The summed E-state index contributed by atoms with van der Waals surface area (Å²) in [4.78, 5) is 18.1. The molecule has 0 saturated carbocycles. The Morgan fingerprint density at radius 3 is 2.64 bits per heavy atom. The van der Waals surface area contributed by atoms with Crippen LogP contribution in [0, 0.1) is 0 Å². The lowest BCUT2D eigenvalue weighted by Crippen LogP contribution is -2.07. The number of rotatable bonds is 1. The van der Waals surface area contributed by atoms with Crippen LogP contribution in [0.4, 0.5) is 0 Å². The Hall–Kier alpha value is -2.02. The van der Waals surface area contributed by atoms with Crippen molar-refractivity contribution in [1.29, 1.82) is 0 Å². The molecule has 2 aromatic carbocycles. The fourth-order valence-electron chi connectivity index (χ4n) is 3.13. The van der Waals surface area contributed by atoms with Gasteiger partial charge in [0.25, 0.3) is 0 Å². The predicted octanol–water partition coefficient (Wildman–Crippen LogP) is 5.66. The molecule has 0 fully saturated rings. The third-order valence-corrected chi connectivity index (χ3v) is 6.91. The van der Waals surface area contributed by atoms with Gasteiger partial charge in [0.1, 0.15) is 17.4 Å². The molecule has 0 amide bonds. The third-order valence-electron chi connectivity index (χ3n) is 4.21. The maximum Gasteiger partial charge on any atom is 0.328 e. The molecule has 0 bridgehead atoms. The first-order valence-electron chi connectivity index (χ1n) is 7.65. The summed E-state index contributed by atoms with van der Waals surface area (Å²) in [5.41, 5.74) is 4.36. The van der Waals surface area contributed by atoms with Crippen molar-refractivity contribution in [2.75, 3.05) is 0 Å². The standard InChI is InChI=1S/C19H10BrNO2S2/c20-11-7-5-10(6-8-11)16-13-9-23-14-4-2-1-3-12(14)15(13)17-18(24-16)21-19(22)25-17/h1-8H,9H2. The van der Waals surface area contributed by atoms with Crippen LogP contribution in [0.15, 0.2) is 57.8 Å². The maximum atomic E-state index is 12.0. The van der Waals surface area contributed by atoms with E-state index in [4.69, 9.17) is 4.74 Å². The Bertz CT molecular complexity index is 1130. The Balaban J connectivity index is 1.89. The van der Waals surface area contributed by atoms with E-state index in [-0.39, 0.29) is 4.87 Å². The van der Waals surface area contributed by atoms with Gasteiger partial charge in [0.15, 0.2) is 0 Å². The molecule has 0 unspecified atom stereocenters. The van der Waals surface area contributed by atoms with E-state index in [9.17, 15) is 4.79 Å². The number of ether oxygens (including phenoxy) is 1. The van der Waals surface area contributed by atoms with Crippen molar-refractivity contribution < 1.29 is 4.74 Å². The third kappa shape index (κ3) is 2.44. The van der Waals surface area contributed by atoms with Crippen molar-refractivity contribution in [2.24, 2.45) is 0 Å². The van der Waals surface area contributed by atoms with Crippen molar-refractivity contribution >= 4 is 38.6 Å². The summed E-state index contributed by atoms with van der Waals surface area (Å²) < 4.78 is 7.03. The number of halogens is 1. The van der Waals surface area contributed by atoms with Gasteiger partial charge in [-0.05, 0) is 23.8 Å². The zero-order valence-electron chi connectivity index (χ0n) is 12.8. The van der Waals surface area contributed by atoms with Crippen LogP contribution in [0.3, 0.4) is 0 Å². The molecule has 0 aliphatic carbocycles. The van der Waals surface area contributed by atoms with E-state index >= 15 is 0 Å². The molecule has 0 aromatic heterocycles. The van der Waals surface area contributed by atoms with E-state index in [2.05, 4.69) is 33.0 Å². The number of aromatic nitrogens is 1. The smallest absolute Gasteiger partial charge is 0.328 e. The van der Waals surface area contributed by atoms with Crippen LogP contribution in [0.5, 0.6) is 5.75 Å². The lowest BCUT2D eigenvalue weighted by Gasteiger charge is -2.24. The molecule has 0 radical (unpaired) electrons. The highest BCUT2D eigenvalue weighted by molar-refractivity contribution is 9.10. The summed E-state index contributed by atoms with van der Waals surface area (Å²) in [5.74, 6) is 0.857. The lowest BCUT2D eigenvalue weighted by atomic mass is 9.95. The fraction of sp³-hybridized carbons (Fsp3) is 0.0526. The number of benzene rings is 2. The molecule has 0 spiro atoms. The van der Waals surface area contributed by atoms with Crippen LogP contribution in [0.2, 0.25) is 0 Å². The van der Waals surface area contributed by atoms with Gasteiger partial charge in [-0.15, -0.1) is 11.3 Å². The molecule has 6 heteroatoms. The minimum Gasteiger partial charge on any atom is -0.488 e. The van der Waals surface area contributed by atoms with Crippen molar-refractivity contribution in [3.63, 3.8) is 0 Å². The van der Waals surface area contributed by atoms with Crippen LogP contribution in [0.1, 0.15) is 5.56 Å². The van der Waals surface area contributed by atoms with E-state index in [0.29, 0.717) is 6.61 Å². The predicted molar refractivity (Wildman–Crippen MR) is 106 cm³/mol. The van der Waals surface area contributed by atoms with Crippen LogP contribution >= 0.6 is 38.6 Å². The molecule has 3 nitrogen and oxygen atoms in total. The summed E-state index contributed by atoms with van der Waals surface area (Å²) in [6.45, 7) is 0.496. The quantitative estimate of drug-likeness (QED) is 0.393. The monoisotopic (exact) mass is 427 g/mol. The molecule has 0 N–H and O–H groups in total. The first kappa shape index (κ1) is 15.3. The average molecular weight is 428 g/mol. The van der Waals surface area contributed by atoms with E-state index in [1.807, 2.05) is 36.4 Å². The van der Waals surface area contributed by atoms with Crippen molar-refractivity contribution in [3.05, 3.63) is 68.2 Å². The van der Waals surface area contributed by atoms with E-state index in [0.717, 1.165) is 47.2 Å². The minimum atomic E-state index is -0.148. The molecule has 2 aromatic rings. The van der Waals surface area contributed by atoms with Gasteiger partial charge in [-0.3, -0.25) is 4.79 Å². The zero-order chi connectivity index (χ0) is 17.0. The molecule has 25 heavy (non-hydrogen) atoms. The van der Waals surface area contributed by atoms with Gasteiger partial charge in [0, 0.05) is 26.0 Å². The molecule has 122 valence electrons. The minimum absolute atomic E-state index is 0.148. The first-order valence-corrected chi connectivity index (χ1v) is 10.1. The molecule has 0 saturated heterocycles. The van der Waals surface area contributed by atoms with Gasteiger partial charge in [-0.25, -0.2) is 0 Å². The van der Waals surface area contributed by atoms with E-state index in [1.54, 1.807) is 11.3 Å². The second kappa shape index (κ2) is 5.76. The summed E-state index contributed by atoms with van der Waals surface area (Å²) in [7, 11) is 0. The van der Waals surface area contributed by atoms with Crippen LogP contribution in [-0.4, -0.2) is 4.98 Å². The number of hydrogen-bond donors (Lipinski definition) is 0. The molecule has 0 atom stereocenters. The molecule has 3 aliphatic heterocycles. The summed E-state index contributed by atoms with van der Waals surface area (Å²) in [6, 6.07) is 16.2. The van der Waals surface area contributed by atoms with Crippen molar-refractivity contribution in [1.82, 2.24) is 4.98 Å². The highest BCUT2D eigenvalue weighted by Crippen LogP contribution is 2.50. The number of para-hydroxylation sites is 1. The van der Waals surface area contributed by atoms with Crippen molar-refractivity contribution in [2.45, 2.75) is 6.61 Å². The Kier molecular flexibility index (Phi) is 3.51. The normalized spacial score (nSPS) is 12.5. The highest BCUT2D eigenvalue weighted by Gasteiger charge is 2.28. The van der Waals surface area contributed by atoms with Gasteiger partial charge in [0.2, 0.25) is 0 Å².